The molecule has 1 aromatic carbocycles. The van der Waals surface area contributed by atoms with Crippen molar-refractivity contribution >= 4 is 23.8 Å². The SMILES string of the molecule is Cc1nnc(S/C(=C/c2ccc(OCC(C)C)cc2)C(=O)[O-])o1. The maximum Gasteiger partial charge on any atom is 0.281 e. The predicted molar refractivity (Wildman–Crippen MR) is 84.7 cm³/mol. The first-order chi connectivity index (χ1) is 10.9. The first-order valence-electron chi connectivity index (χ1n) is 7.08. The van der Waals surface area contributed by atoms with Gasteiger partial charge in [-0.15, -0.1) is 10.2 Å². The van der Waals surface area contributed by atoms with Gasteiger partial charge in [-0.2, -0.15) is 0 Å². The highest BCUT2D eigenvalue weighted by atomic mass is 32.2. The van der Waals surface area contributed by atoms with Crippen LogP contribution in [-0.4, -0.2) is 22.8 Å². The summed E-state index contributed by atoms with van der Waals surface area (Å²) in [5.74, 6) is 0.252. The Morgan fingerprint density at radius 2 is 2.04 bits per heavy atom. The highest BCUT2D eigenvalue weighted by Crippen LogP contribution is 2.27. The summed E-state index contributed by atoms with van der Waals surface area (Å²) < 4.78 is 10.7. The van der Waals surface area contributed by atoms with Gasteiger partial charge in [0.15, 0.2) is 0 Å². The number of aliphatic carboxylic acids is 1. The number of carboxylic acid groups (broad SMARTS) is 1. The summed E-state index contributed by atoms with van der Waals surface area (Å²) in [5, 5.41) is 18.8. The minimum Gasteiger partial charge on any atom is -0.544 e. The molecule has 0 N–H and O–H groups in total. The Balaban J connectivity index is 2.11. The largest absolute Gasteiger partial charge is 0.544 e. The summed E-state index contributed by atoms with van der Waals surface area (Å²) in [5.41, 5.74) is 0.713. The summed E-state index contributed by atoms with van der Waals surface area (Å²) in [7, 11) is 0. The average molecular weight is 333 g/mol. The lowest BCUT2D eigenvalue weighted by Crippen LogP contribution is -2.23. The summed E-state index contributed by atoms with van der Waals surface area (Å²) in [6.45, 7) is 6.40. The van der Waals surface area contributed by atoms with Gasteiger partial charge in [-0.3, -0.25) is 0 Å². The standard InChI is InChI=1S/C16H18N2O4S/c1-10(2)9-21-13-6-4-12(5-7-13)8-14(15(19)20)23-16-18-17-11(3)22-16/h4-8,10H,9H2,1-3H3,(H,19,20)/p-1/b14-8+. The van der Waals surface area contributed by atoms with Gasteiger partial charge in [-0.1, -0.05) is 26.0 Å². The number of aryl methyl sites for hydroxylation is 1. The van der Waals surface area contributed by atoms with Gasteiger partial charge < -0.3 is 19.1 Å². The first kappa shape index (κ1) is 17.1. The van der Waals surface area contributed by atoms with E-state index in [1.165, 1.54) is 6.08 Å². The number of carboxylic acids is 1. The Morgan fingerprint density at radius 3 is 2.57 bits per heavy atom. The molecule has 0 aliphatic carbocycles. The fourth-order valence-corrected chi connectivity index (χ4v) is 2.33. The highest BCUT2D eigenvalue weighted by molar-refractivity contribution is 8.03. The molecule has 0 unspecified atom stereocenters. The number of thioether (sulfide) groups is 1. The molecule has 0 aliphatic heterocycles. The minimum absolute atomic E-state index is 0.00972. The average Bonchev–Trinajstić information content (AvgIpc) is 2.91. The number of carbonyl (C=O) groups excluding carboxylic acids is 1. The maximum atomic E-state index is 11.2. The topological polar surface area (TPSA) is 88.3 Å². The Kier molecular flexibility index (Phi) is 5.81. The number of rotatable bonds is 7. The molecule has 0 saturated carbocycles. The smallest absolute Gasteiger partial charge is 0.281 e. The molecule has 1 heterocycles. The number of hydrogen-bond acceptors (Lipinski definition) is 7. The van der Waals surface area contributed by atoms with Crippen molar-refractivity contribution < 1.29 is 19.1 Å². The molecule has 2 rings (SSSR count). The summed E-state index contributed by atoms with van der Waals surface area (Å²) in [6.07, 6.45) is 1.49. The monoisotopic (exact) mass is 333 g/mol. The molecular weight excluding hydrogens is 316 g/mol. The van der Waals surface area contributed by atoms with Crippen LogP contribution < -0.4 is 9.84 Å². The minimum atomic E-state index is -1.30. The lowest BCUT2D eigenvalue weighted by molar-refractivity contribution is -0.298. The Morgan fingerprint density at radius 1 is 1.35 bits per heavy atom. The van der Waals surface area contributed by atoms with Crippen LogP contribution in [0.2, 0.25) is 0 Å². The lowest BCUT2D eigenvalue weighted by atomic mass is 10.2. The quantitative estimate of drug-likeness (QED) is 0.567. The second-order valence-corrected chi connectivity index (χ2v) is 6.25. The van der Waals surface area contributed by atoms with E-state index >= 15 is 0 Å². The normalized spacial score (nSPS) is 11.7. The molecular formula is C16H17N2O4S-. The summed E-state index contributed by atoms with van der Waals surface area (Å²) in [6, 6.07) is 7.14. The molecule has 0 atom stereocenters. The van der Waals surface area contributed by atoms with Crippen LogP contribution in [0.15, 0.2) is 38.8 Å². The van der Waals surface area contributed by atoms with E-state index in [1.54, 1.807) is 31.2 Å². The third-order valence-electron chi connectivity index (χ3n) is 2.67. The molecule has 0 radical (unpaired) electrons. The maximum absolute atomic E-state index is 11.2. The van der Waals surface area contributed by atoms with Gasteiger partial charge in [0.2, 0.25) is 5.89 Å². The van der Waals surface area contributed by atoms with Gasteiger partial charge in [0.1, 0.15) is 5.75 Å². The fraction of sp³-hybridized carbons (Fsp3) is 0.312. The van der Waals surface area contributed by atoms with E-state index in [2.05, 4.69) is 24.0 Å². The van der Waals surface area contributed by atoms with E-state index in [0.29, 0.717) is 24.0 Å². The van der Waals surface area contributed by atoms with E-state index in [4.69, 9.17) is 9.15 Å². The first-order valence-corrected chi connectivity index (χ1v) is 7.89. The predicted octanol–water partition coefficient (Wildman–Crippen LogP) is 2.30. The fourth-order valence-electron chi connectivity index (χ4n) is 1.62. The van der Waals surface area contributed by atoms with E-state index in [-0.39, 0.29) is 10.1 Å². The third-order valence-corrected chi connectivity index (χ3v) is 3.51. The molecule has 0 saturated heterocycles. The molecule has 23 heavy (non-hydrogen) atoms. The van der Waals surface area contributed by atoms with E-state index in [1.807, 2.05) is 0 Å². The van der Waals surface area contributed by atoms with Crippen LogP contribution in [0.25, 0.3) is 6.08 Å². The van der Waals surface area contributed by atoms with Crippen LogP contribution in [0.4, 0.5) is 0 Å². The highest BCUT2D eigenvalue weighted by Gasteiger charge is 2.09. The van der Waals surface area contributed by atoms with Crippen molar-refractivity contribution in [1.82, 2.24) is 10.2 Å². The van der Waals surface area contributed by atoms with Crippen molar-refractivity contribution in [3.63, 3.8) is 0 Å². The van der Waals surface area contributed by atoms with E-state index in [9.17, 15) is 9.90 Å². The molecule has 0 bridgehead atoms. The second kappa shape index (κ2) is 7.82. The third kappa shape index (κ3) is 5.45. The molecule has 6 nitrogen and oxygen atoms in total. The number of carbonyl (C=O) groups is 1. The van der Waals surface area contributed by atoms with Crippen molar-refractivity contribution in [2.75, 3.05) is 6.61 Å². The Bertz CT molecular complexity index is 692. The van der Waals surface area contributed by atoms with Gasteiger partial charge in [0.25, 0.3) is 5.22 Å². The van der Waals surface area contributed by atoms with Crippen LogP contribution in [0, 0.1) is 12.8 Å². The van der Waals surface area contributed by atoms with Crippen LogP contribution in [0.3, 0.4) is 0 Å². The number of nitrogens with zero attached hydrogens (tertiary/aromatic N) is 2. The van der Waals surface area contributed by atoms with Gasteiger partial charge >= 0.3 is 0 Å². The van der Waals surface area contributed by atoms with Crippen LogP contribution in [0.5, 0.6) is 5.75 Å². The van der Waals surface area contributed by atoms with E-state index in [0.717, 1.165) is 17.5 Å². The Hall–Kier alpha value is -2.28. The number of aromatic nitrogens is 2. The zero-order valence-electron chi connectivity index (χ0n) is 13.1. The van der Waals surface area contributed by atoms with Crippen molar-refractivity contribution in [2.24, 2.45) is 5.92 Å². The molecule has 0 amide bonds. The molecule has 0 spiro atoms. The molecule has 7 heteroatoms. The van der Waals surface area contributed by atoms with Gasteiger partial charge in [0, 0.05) is 11.8 Å². The van der Waals surface area contributed by atoms with E-state index < -0.39 is 5.97 Å². The van der Waals surface area contributed by atoms with Crippen LogP contribution >= 0.6 is 11.8 Å². The number of benzene rings is 1. The summed E-state index contributed by atoms with van der Waals surface area (Å²) in [4.78, 5) is 11.2. The van der Waals surface area contributed by atoms with Gasteiger partial charge in [-0.25, -0.2) is 0 Å². The molecule has 0 fully saturated rings. The zero-order valence-corrected chi connectivity index (χ0v) is 13.9. The van der Waals surface area contributed by atoms with Crippen molar-refractivity contribution in [1.29, 1.82) is 0 Å². The Labute approximate surface area is 138 Å². The van der Waals surface area contributed by atoms with Gasteiger partial charge in [0.05, 0.1) is 12.6 Å². The van der Waals surface area contributed by atoms with Crippen LogP contribution in [0.1, 0.15) is 25.3 Å². The van der Waals surface area contributed by atoms with Crippen molar-refractivity contribution in [3.05, 3.63) is 40.6 Å². The molecule has 122 valence electrons. The van der Waals surface area contributed by atoms with Crippen molar-refractivity contribution in [2.45, 2.75) is 26.0 Å². The molecule has 2 aromatic rings. The van der Waals surface area contributed by atoms with Crippen molar-refractivity contribution in [3.8, 4) is 5.75 Å². The summed E-state index contributed by atoms with van der Waals surface area (Å²) >= 11 is 0.858. The van der Waals surface area contributed by atoms with Gasteiger partial charge in [-0.05, 0) is 41.5 Å². The molecule has 1 aromatic heterocycles. The second-order valence-electron chi connectivity index (χ2n) is 5.26. The van der Waals surface area contributed by atoms with Crippen LogP contribution in [-0.2, 0) is 4.79 Å². The lowest BCUT2D eigenvalue weighted by Gasteiger charge is -2.09. The number of hydrogen-bond donors (Lipinski definition) is 0. The zero-order chi connectivity index (χ0) is 16.8. The molecule has 0 aliphatic rings. The number of ether oxygens (including phenoxy) is 1.